The van der Waals surface area contributed by atoms with Crippen molar-refractivity contribution in [3.8, 4) is 5.69 Å². The number of hydrogen-bond acceptors (Lipinski definition) is 4. The Balaban J connectivity index is 2.32. The average Bonchev–Trinajstić information content (AvgIpc) is 2.77. The smallest absolute Gasteiger partial charge is 0.170 e. The molecule has 18 heavy (non-hydrogen) atoms. The van der Waals surface area contributed by atoms with Gasteiger partial charge in [-0.15, -0.1) is 5.10 Å². The number of hydrogen-bond donors (Lipinski definition) is 1. The summed E-state index contributed by atoms with van der Waals surface area (Å²) in [6.45, 7) is 7.25. The molecule has 0 atom stereocenters. The van der Waals surface area contributed by atoms with Gasteiger partial charge in [0.1, 0.15) is 0 Å². The minimum atomic E-state index is 0.160. The van der Waals surface area contributed by atoms with Crippen LogP contribution in [0.1, 0.15) is 32.2 Å². The Kier molecular flexibility index (Phi) is 3.43. The summed E-state index contributed by atoms with van der Waals surface area (Å²) in [5.41, 5.74) is 2.44. The van der Waals surface area contributed by atoms with Crippen LogP contribution in [-0.4, -0.2) is 27.3 Å². The van der Waals surface area contributed by atoms with Crippen molar-refractivity contribution in [2.24, 2.45) is 0 Å². The molecule has 1 N–H and O–H groups in total. The zero-order valence-corrected chi connectivity index (χ0v) is 11.3. The van der Waals surface area contributed by atoms with Gasteiger partial charge in [0.2, 0.25) is 0 Å². The van der Waals surface area contributed by atoms with Crippen molar-refractivity contribution in [2.45, 2.75) is 32.7 Å². The molecule has 96 valence electrons. The topological polar surface area (TPSA) is 55.6 Å². The van der Waals surface area contributed by atoms with Crippen LogP contribution in [0.25, 0.3) is 5.69 Å². The molecule has 2 rings (SSSR count). The minimum absolute atomic E-state index is 0.160. The van der Waals surface area contributed by atoms with E-state index >= 15 is 0 Å². The van der Waals surface area contributed by atoms with E-state index in [4.69, 9.17) is 0 Å². The first-order valence-electron chi connectivity index (χ1n) is 6.05. The Bertz CT molecular complexity index is 507. The quantitative estimate of drug-likeness (QED) is 0.894. The fourth-order valence-corrected chi connectivity index (χ4v) is 1.78. The number of nitrogens with zero attached hydrogens (tertiary/aromatic N) is 4. The fourth-order valence-electron chi connectivity index (χ4n) is 1.78. The van der Waals surface area contributed by atoms with Crippen LogP contribution in [0.5, 0.6) is 0 Å². The maximum Gasteiger partial charge on any atom is 0.170 e. The average molecular weight is 245 g/mol. The second-order valence-corrected chi connectivity index (χ2v) is 5.33. The Morgan fingerprint density at radius 2 is 1.83 bits per heavy atom. The third kappa shape index (κ3) is 2.56. The Hall–Kier alpha value is -1.75. The molecule has 0 saturated heterocycles. The van der Waals surface area contributed by atoms with Gasteiger partial charge in [-0.25, -0.2) is 0 Å². The van der Waals surface area contributed by atoms with Gasteiger partial charge in [0.15, 0.2) is 5.82 Å². The number of aromatic nitrogens is 4. The van der Waals surface area contributed by atoms with Gasteiger partial charge in [-0.05, 0) is 40.6 Å². The van der Waals surface area contributed by atoms with Crippen LogP contribution in [0.15, 0.2) is 24.3 Å². The van der Waals surface area contributed by atoms with Crippen LogP contribution in [0, 0.1) is 0 Å². The van der Waals surface area contributed by atoms with Crippen LogP contribution in [0.2, 0.25) is 0 Å². The van der Waals surface area contributed by atoms with E-state index < -0.39 is 0 Å². The van der Waals surface area contributed by atoms with Gasteiger partial charge in [0.25, 0.3) is 0 Å². The van der Waals surface area contributed by atoms with E-state index in [0.29, 0.717) is 6.54 Å². The lowest BCUT2D eigenvalue weighted by Crippen LogP contribution is -2.13. The van der Waals surface area contributed by atoms with Crippen LogP contribution in [-0.2, 0) is 12.0 Å². The van der Waals surface area contributed by atoms with E-state index in [9.17, 15) is 0 Å². The molecule has 1 aromatic heterocycles. The first-order valence-corrected chi connectivity index (χ1v) is 6.05. The lowest BCUT2D eigenvalue weighted by atomic mass is 9.87. The van der Waals surface area contributed by atoms with Crippen molar-refractivity contribution in [1.29, 1.82) is 0 Å². The second-order valence-electron chi connectivity index (χ2n) is 5.33. The normalized spacial score (nSPS) is 11.8. The van der Waals surface area contributed by atoms with Gasteiger partial charge >= 0.3 is 0 Å². The molecule has 0 saturated carbocycles. The standard InChI is InChI=1S/C13H19N5/c1-13(2,3)10-5-7-11(8-6-10)18-12(9-14-4)15-16-17-18/h5-8,14H,9H2,1-4H3. The molecule has 0 radical (unpaired) electrons. The van der Waals surface area contributed by atoms with E-state index in [1.54, 1.807) is 4.68 Å². The number of tetrazole rings is 1. The van der Waals surface area contributed by atoms with Crippen molar-refractivity contribution in [1.82, 2.24) is 25.5 Å². The molecule has 5 nitrogen and oxygen atoms in total. The van der Waals surface area contributed by atoms with E-state index in [1.165, 1.54) is 5.56 Å². The van der Waals surface area contributed by atoms with E-state index in [2.05, 4.69) is 65.9 Å². The molecule has 0 spiro atoms. The zero-order chi connectivity index (χ0) is 13.2. The SMILES string of the molecule is CNCc1nnnn1-c1ccc(C(C)(C)C)cc1. The van der Waals surface area contributed by atoms with Crippen LogP contribution in [0.3, 0.4) is 0 Å². The molecule has 1 heterocycles. The second kappa shape index (κ2) is 4.86. The minimum Gasteiger partial charge on any atom is -0.313 e. The van der Waals surface area contributed by atoms with Gasteiger partial charge in [-0.2, -0.15) is 4.68 Å². The van der Waals surface area contributed by atoms with Crippen LogP contribution in [0.4, 0.5) is 0 Å². The molecular weight excluding hydrogens is 226 g/mol. The highest BCUT2D eigenvalue weighted by Crippen LogP contribution is 2.23. The van der Waals surface area contributed by atoms with Gasteiger partial charge in [0, 0.05) is 0 Å². The summed E-state index contributed by atoms with van der Waals surface area (Å²) in [6.07, 6.45) is 0. The summed E-state index contributed by atoms with van der Waals surface area (Å²) < 4.78 is 1.75. The van der Waals surface area contributed by atoms with Gasteiger partial charge in [-0.1, -0.05) is 32.9 Å². The Labute approximate surface area is 107 Å². The van der Waals surface area contributed by atoms with Crippen LogP contribution < -0.4 is 5.32 Å². The highest BCUT2D eigenvalue weighted by atomic mass is 15.5. The summed E-state index contributed by atoms with van der Waals surface area (Å²) in [5.74, 6) is 0.806. The summed E-state index contributed by atoms with van der Waals surface area (Å²) in [7, 11) is 1.88. The molecule has 0 fully saturated rings. The molecule has 0 unspecified atom stereocenters. The van der Waals surface area contributed by atoms with Crippen molar-refractivity contribution < 1.29 is 0 Å². The maximum absolute atomic E-state index is 4.01. The highest BCUT2D eigenvalue weighted by Gasteiger charge is 2.14. The lowest BCUT2D eigenvalue weighted by Gasteiger charge is -2.19. The van der Waals surface area contributed by atoms with Crippen LogP contribution >= 0.6 is 0 Å². The van der Waals surface area contributed by atoms with Crippen molar-refractivity contribution >= 4 is 0 Å². The Morgan fingerprint density at radius 1 is 1.17 bits per heavy atom. The zero-order valence-electron chi connectivity index (χ0n) is 11.3. The summed E-state index contributed by atoms with van der Waals surface area (Å²) in [5, 5.41) is 14.8. The van der Waals surface area contributed by atoms with Gasteiger partial charge < -0.3 is 5.32 Å². The molecular formula is C13H19N5. The molecule has 5 heteroatoms. The predicted molar refractivity (Wildman–Crippen MR) is 70.6 cm³/mol. The first-order chi connectivity index (χ1) is 8.52. The van der Waals surface area contributed by atoms with Gasteiger partial charge in [-0.3, -0.25) is 0 Å². The molecule has 1 aromatic carbocycles. The number of nitrogens with one attached hydrogen (secondary N) is 1. The third-order valence-electron chi connectivity index (χ3n) is 2.85. The monoisotopic (exact) mass is 245 g/mol. The highest BCUT2D eigenvalue weighted by molar-refractivity contribution is 5.36. The predicted octanol–water partition coefficient (Wildman–Crippen LogP) is 1.68. The molecule has 0 amide bonds. The van der Waals surface area contributed by atoms with E-state index in [1.807, 2.05) is 7.05 Å². The maximum atomic E-state index is 4.01. The summed E-state index contributed by atoms with van der Waals surface area (Å²) in [4.78, 5) is 0. The fraction of sp³-hybridized carbons (Fsp3) is 0.462. The largest absolute Gasteiger partial charge is 0.313 e. The summed E-state index contributed by atoms with van der Waals surface area (Å²) in [6, 6.07) is 8.35. The van der Waals surface area contributed by atoms with E-state index in [0.717, 1.165) is 11.5 Å². The molecule has 0 aliphatic carbocycles. The van der Waals surface area contributed by atoms with Gasteiger partial charge in [0.05, 0.1) is 12.2 Å². The Morgan fingerprint density at radius 3 is 2.39 bits per heavy atom. The molecule has 0 aliphatic rings. The number of rotatable bonds is 3. The molecule has 0 bridgehead atoms. The van der Waals surface area contributed by atoms with Crippen molar-refractivity contribution in [3.63, 3.8) is 0 Å². The van der Waals surface area contributed by atoms with E-state index in [-0.39, 0.29) is 5.41 Å². The third-order valence-corrected chi connectivity index (χ3v) is 2.85. The lowest BCUT2D eigenvalue weighted by molar-refractivity contribution is 0.590. The van der Waals surface area contributed by atoms with Crippen molar-refractivity contribution in [2.75, 3.05) is 7.05 Å². The molecule has 2 aromatic rings. The number of benzene rings is 1. The first kappa shape index (κ1) is 12.7. The summed E-state index contributed by atoms with van der Waals surface area (Å²) >= 11 is 0. The molecule has 0 aliphatic heterocycles. The van der Waals surface area contributed by atoms with Crippen molar-refractivity contribution in [3.05, 3.63) is 35.7 Å².